The molecule has 0 aliphatic rings. The molecule has 27 heavy (non-hydrogen) atoms. The van der Waals surface area contributed by atoms with Crippen molar-refractivity contribution in [1.29, 1.82) is 0 Å². The van der Waals surface area contributed by atoms with Gasteiger partial charge in [0.1, 0.15) is 11.8 Å². The molecule has 0 aliphatic heterocycles. The molecule has 0 radical (unpaired) electrons. The van der Waals surface area contributed by atoms with Gasteiger partial charge in [-0.15, -0.1) is 0 Å². The summed E-state index contributed by atoms with van der Waals surface area (Å²) in [6.45, 7) is 7.88. The average Bonchev–Trinajstić information content (AvgIpc) is 2.69. The van der Waals surface area contributed by atoms with Crippen LogP contribution in [0.4, 0.5) is 0 Å². The van der Waals surface area contributed by atoms with Crippen molar-refractivity contribution < 1.29 is 10.1 Å². The third kappa shape index (κ3) is 4.19. The Kier molecular flexibility index (Phi) is 6.24. The number of quaternary nitrogens is 1. The van der Waals surface area contributed by atoms with E-state index in [1.54, 1.807) is 4.57 Å². The first-order valence-corrected chi connectivity index (χ1v) is 9.74. The van der Waals surface area contributed by atoms with Gasteiger partial charge in [-0.05, 0) is 56.7 Å². The van der Waals surface area contributed by atoms with Gasteiger partial charge in [0.2, 0.25) is 0 Å². The van der Waals surface area contributed by atoms with Gasteiger partial charge in [-0.3, -0.25) is 9.36 Å². The fourth-order valence-corrected chi connectivity index (χ4v) is 3.24. The molecule has 142 valence electrons. The molecule has 0 spiro atoms. The second-order valence-corrected chi connectivity index (χ2v) is 6.72. The maximum Gasteiger partial charge on any atom is 0.266 e. The van der Waals surface area contributed by atoms with Crippen LogP contribution in [0, 0.1) is 0 Å². The van der Waals surface area contributed by atoms with E-state index in [9.17, 15) is 4.79 Å². The van der Waals surface area contributed by atoms with Crippen molar-refractivity contribution in [2.45, 2.75) is 39.7 Å². The van der Waals surface area contributed by atoms with E-state index in [0.29, 0.717) is 12.0 Å². The standard InChI is InChI=1S/C22H27N3O2/c1-4-6-15-23-16(3)21-24-20-10-8-7-9-19(20)22(26)25(21)17-11-13-18(14-12-17)27-5-2/h7-14,16,23H,4-6,15H2,1-3H3/p+1/t16-/m0/s1. The number of fused-ring (bicyclic) bond motifs is 1. The van der Waals surface area contributed by atoms with Gasteiger partial charge in [-0.25, -0.2) is 4.98 Å². The summed E-state index contributed by atoms with van der Waals surface area (Å²) in [7, 11) is 0. The number of hydrogen-bond donors (Lipinski definition) is 1. The maximum absolute atomic E-state index is 13.3. The SMILES string of the molecule is CCCC[NH2+][C@@H](C)c1nc2ccccc2c(=O)n1-c1ccc(OCC)cc1. The van der Waals surface area contributed by atoms with Crippen molar-refractivity contribution in [3.8, 4) is 11.4 Å². The van der Waals surface area contributed by atoms with Gasteiger partial charge >= 0.3 is 0 Å². The summed E-state index contributed by atoms with van der Waals surface area (Å²) >= 11 is 0. The zero-order valence-electron chi connectivity index (χ0n) is 16.3. The van der Waals surface area contributed by atoms with E-state index in [1.807, 2.05) is 55.5 Å². The Morgan fingerprint density at radius 2 is 1.85 bits per heavy atom. The molecular weight excluding hydrogens is 338 g/mol. The van der Waals surface area contributed by atoms with Gasteiger partial charge in [-0.1, -0.05) is 25.5 Å². The molecule has 0 saturated heterocycles. The molecule has 0 aliphatic carbocycles. The lowest BCUT2D eigenvalue weighted by Crippen LogP contribution is -2.85. The highest BCUT2D eigenvalue weighted by atomic mass is 16.5. The molecule has 0 amide bonds. The highest BCUT2D eigenvalue weighted by Crippen LogP contribution is 2.19. The third-order valence-corrected chi connectivity index (χ3v) is 4.69. The second-order valence-electron chi connectivity index (χ2n) is 6.72. The minimum atomic E-state index is -0.0319. The monoisotopic (exact) mass is 366 g/mol. The summed E-state index contributed by atoms with van der Waals surface area (Å²) < 4.78 is 7.27. The minimum absolute atomic E-state index is 0.0319. The van der Waals surface area contributed by atoms with E-state index in [-0.39, 0.29) is 11.6 Å². The molecule has 3 rings (SSSR count). The molecule has 2 N–H and O–H groups in total. The van der Waals surface area contributed by atoms with E-state index >= 15 is 0 Å². The molecule has 2 aromatic carbocycles. The van der Waals surface area contributed by atoms with Gasteiger partial charge in [-0.2, -0.15) is 0 Å². The zero-order chi connectivity index (χ0) is 19.2. The van der Waals surface area contributed by atoms with Crippen molar-refractivity contribution in [2.24, 2.45) is 0 Å². The second kappa shape index (κ2) is 8.82. The number of nitrogens with two attached hydrogens (primary N) is 1. The fourth-order valence-electron chi connectivity index (χ4n) is 3.24. The van der Waals surface area contributed by atoms with Gasteiger partial charge in [0.15, 0.2) is 5.82 Å². The molecule has 0 unspecified atom stereocenters. The van der Waals surface area contributed by atoms with E-state index in [1.165, 1.54) is 0 Å². The summed E-state index contributed by atoms with van der Waals surface area (Å²) in [5.74, 6) is 1.58. The van der Waals surface area contributed by atoms with Crippen molar-refractivity contribution in [3.63, 3.8) is 0 Å². The lowest BCUT2D eigenvalue weighted by atomic mass is 10.2. The number of ether oxygens (including phenoxy) is 1. The third-order valence-electron chi connectivity index (χ3n) is 4.69. The highest BCUT2D eigenvalue weighted by molar-refractivity contribution is 5.77. The molecule has 1 aromatic heterocycles. The van der Waals surface area contributed by atoms with Crippen molar-refractivity contribution in [2.75, 3.05) is 13.2 Å². The van der Waals surface area contributed by atoms with Gasteiger partial charge in [0.05, 0.1) is 29.7 Å². The van der Waals surface area contributed by atoms with E-state index < -0.39 is 0 Å². The highest BCUT2D eigenvalue weighted by Gasteiger charge is 2.19. The van der Waals surface area contributed by atoms with Gasteiger partial charge < -0.3 is 10.1 Å². The molecule has 0 bridgehead atoms. The summed E-state index contributed by atoms with van der Waals surface area (Å²) in [6, 6.07) is 15.3. The van der Waals surface area contributed by atoms with E-state index in [4.69, 9.17) is 9.72 Å². The number of para-hydroxylation sites is 1. The number of benzene rings is 2. The Morgan fingerprint density at radius 1 is 1.11 bits per heavy atom. The molecule has 3 aromatic rings. The fraction of sp³-hybridized carbons (Fsp3) is 0.364. The van der Waals surface area contributed by atoms with Crippen molar-refractivity contribution >= 4 is 10.9 Å². The first-order chi connectivity index (χ1) is 13.2. The molecule has 1 heterocycles. The van der Waals surface area contributed by atoms with Gasteiger partial charge in [0, 0.05) is 0 Å². The maximum atomic E-state index is 13.3. The van der Waals surface area contributed by atoms with Crippen LogP contribution >= 0.6 is 0 Å². The lowest BCUT2D eigenvalue weighted by molar-refractivity contribution is -0.694. The largest absolute Gasteiger partial charge is 0.494 e. The van der Waals surface area contributed by atoms with Crippen LogP contribution < -0.4 is 15.6 Å². The number of hydrogen-bond acceptors (Lipinski definition) is 3. The summed E-state index contributed by atoms with van der Waals surface area (Å²) in [5, 5.41) is 2.89. The quantitative estimate of drug-likeness (QED) is 0.623. The Bertz CT molecular complexity index is 948. The number of aromatic nitrogens is 2. The predicted octanol–water partition coefficient (Wildman–Crippen LogP) is 3.21. The van der Waals surface area contributed by atoms with Crippen LogP contribution in [0.25, 0.3) is 16.6 Å². The van der Waals surface area contributed by atoms with Crippen LogP contribution in [0.1, 0.15) is 45.5 Å². The van der Waals surface area contributed by atoms with Crippen LogP contribution in [0.5, 0.6) is 5.75 Å². The Balaban J connectivity index is 2.11. The minimum Gasteiger partial charge on any atom is -0.494 e. The van der Waals surface area contributed by atoms with E-state index in [2.05, 4.69) is 19.2 Å². The molecule has 0 saturated carbocycles. The molecule has 0 fully saturated rings. The predicted molar refractivity (Wildman–Crippen MR) is 109 cm³/mol. The van der Waals surface area contributed by atoms with E-state index in [0.717, 1.165) is 42.2 Å². The summed E-state index contributed by atoms with van der Waals surface area (Å²) in [6.07, 6.45) is 2.30. The molecular formula is C22H28N3O2+. The Labute approximate surface area is 160 Å². The van der Waals surface area contributed by atoms with Crippen molar-refractivity contribution in [1.82, 2.24) is 9.55 Å². The zero-order valence-corrected chi connectivity index (χ0v) is 16.3. The first kappa shape index (κ1) is 19.1. The number of nitrogens with zero attached hydrogens (tertiary/aromatic N) is 2. The van der Waals surface area contributed by atoms with Crippen LogP contribution in [0.2, 0.25) is 0 Å². The smallest absolute Gasteiger partial charge is 0.266 e. The number of rotatable bonds is 8. The topological polar surface area (TPSA) is 60.7 Å². The molecule has 1 atom stereocenters. The summed E-state index contributed by atoms with van der Waals surface area (Å²) in [5.41, 5.74) is 1.53. The normalized spacial score (nSPS) is 12.3. The van der Waals surface area contributed by atoms with Gasteiger partial charge in [0.25, 0.3) is 5.56 Å². The Hall–Kier alpha value is -2.66. The lowest BCUT2D eigenvalue weighted by Gasteiger charge is -2.18. The van der Waals surface area contributed by atoms with Crippen LogP contribution in [-0.4, -0.2) is 22.7 Å². The molecule has 5 heteroatoms. The van der Waals surface area contributed by atoms with Crippen molar-refractivity contribution in [3.05, 3.63) is 64.7 Å². The number of unbranched alkanes of at least 4 members (excludes halogenated alkanes) is 1. The van der Waals surface area contributed by atoms with Crippen LogP contribution in [0.3, 0.4) is 0 Å². The first-order valence-electron chi connectivity index (χ1n) is 9.74. The summed E-state index contributed by atoms with van der Waals surface area (Å²) in [4.78, 5) is 18.1. The average molecular weight is 366 g/mol. The Morgan fingerprint density at radius 3 is 2.56 bits per heavy atom. The molecule has 5 nitrogen and oxygen atoms in total. The van der Waals surface area contributed by atoms with Crippen LogP contribution in [-0.2, 0) is 0 Å². The van der Waals surface area contributed by atoms with Crippen LogP contribution in [0.15, 0.2) is 53.3 Å².